The summed E-state index contributed by atoms with van der Waals surface area (Å²) in [7, 11) is 0. The lowest BCUT2D eigenvalue weighted by Crippen LogP contribution is -2.13. The number of ether oxygens (including phenoxy) is 1. The van der Waals surface area contributed by atoms with Crippen molar-refractivity contribution in [2.45, 2.75) is 6.61 Å². The van der Waals surface area contributed by atoms with E-state index in [0.29, 0.717) is 4.47 Å². The maximum absolute atomic E-state index is 12.2. The molecule has 8 heteroatoms. The van der Waals surface area contributed by atoms with Crippen LogP contribution in [0.15, 0.2) is 16.6 Å². The number of aliphatic hydroxyl groups is 1. The van der Waals surface area contributed by atoms with Crippen molar-refractivity contribution in [1.29, 1.82) is 0 Å². The first kappa shape index (κ1) is 14.7. The van der Waals surface area contributed by atoms with E-state index in [9.17, 15) is 13.6 Å². The highest BCUT2D eigenvalue weighted by molar-refractivity contribution is 9.10. The van der Waals surface area contributed by atoms with E-state index in [1.165, 1.54) is 6.07 Å². The van der Waals surface area contributed by atoms with E-state index in [2.05, 4.69) is 26.0 Å². The Kier molecular flexibility index (Phi) is 5.29. The van der Waals surface area contributed by atoms with E-state index in [4.69, 9.17) is 10.2 Å². The number of halogens is 3. The van der Waals surface area contributed by atoms with Crippen molar-refractivity contribution in [3.63, 3.8) is 0 Å². The molecule has 0 spiro atoms. The number of benzene rings is 1. The van der Waals surface area contributed by atoms with Crippen LogP contribution in [0.1, 0.15) is 10.4 Å². The quantitative estimate of drug-likeness (QED) is 0.747. The summed E-state index contributed by atoms with van der Waals surface area (Å²) in [5.74, 6) is -1.86. The average Bonchev–Trinajstić information content (AvgIpc) is 2.24. The van der Waals surface area contributed by atoms with E-state index >= 15 is 0 Å². The highest BCUT2D eigenvalue weighted by Gasteiger charge is 2.20. The fraction of sp³-hybridized carbons (Fsp3) is 0.300. The van der Waals surface area contributed by atoms with Gasteiger partial charge in [-0.25, -0.2) is 4.79 Å². The number of hydrogen-bond donors (Lipinski definition) is 3. The van der Waals surface area contributed by atoms with E-state index in [0.717, 1.165) is 6.07 Å². The highest BCUT2D eigenvalue weighted by Crippen LogP contribution is 2.32. The number of carboxylic acids is 1. The average molecular weight is 326 g/mol. The third-order valence-corrected chi connectivity index (χ3v) is 2.38. The molecule has 1 aromatic carbocycles. The second-order valence-electron chi connectivity index (χ2n) is 3.16. The zero-order chi connectivity index (χ0) is 13.7. The Morgan fingerprint density at radius 2 is 2.17 bits per heavy atom. The van der Waals surface area contributed by atoms with Crippen molar-refractivity contribution < 1.29 is 28.5 Å². The van der Waals surface area contributed by atoms with Crippen LogP contribution in [0, 0.1) is 0 Å². The lowest BCUT2D eigenvalue weighted by Gasteiger charge is -2.14. The number of hydrogen-bond acceptors (Lipinski definition) is 4. The highest BCUT2D eigenvalue weighted by atomic mass is 79.9. The van der Waals surface area contributed by atoms with Gasteiger partial charge < -0.3 is 20.3 Å². The van der Waals surface area contributed by atoms with Gasteiger partial charge in [-0.15, -0.1) is 0 Å². The largest absolute Gasteiger partial charge is 0.477 e. The van der Waals surface area contributed by atoms with Crippen LogP contribution in [-0.2, 0) is 0 Å². The van der Waals surface area contributed by atoms with Crippen molar-refractivity contribution in [2.24, 2.45) is 0 Å². The van der Waals surface area contributed by atoms with Crippen molar-refractivity contribution in [1.82, 2.24) is 0 Å². The Balaban J connectivity index is 3.22. The number of aliphatic hydroxyl groups excluding tert-OH is 1. The second-order valence-corrected chi connectivity index (χ2v) is 4.08. The molecule has 0 heterocycles. The van der Waals surface area contributed by atoms with Crippen molar-refractivity contribution >= 4 is 27.6 Å². The monoisotopic (exact) mass is 325 g/mol. The Morgan fingerprint density at radius 3 is 2.67 bits per heavy atom. The third-order valence-electron chi connectivity index (χ3n) is 1.92. The molecule has 0 aliphatic carbocycles. The van der Waals surface area contributed by atoms with Crippen molar-refractivity contribution in [3.8, 4) is 5.75 Å². The Labute approximate surface area is 110 Å². The maximum atomic E-state index is 12.2. The van der Waals surface area contributed by atoms with Crippen LogP contribution in [0.3, 0.4) is 0 Å². The van der Waals surface area contributed by atoms with Gasteiger partial charge in [-0.05, 0) is 12.1 Å². The van der Waals surface area contributed by atoms with Gasteiger partial charge in [-0.2, -0.15) is 8.78 Å². The Hall–Kier alpha value is -1.41. The van der Waals surface area contributed by atoms with E-state index < -0.39 is 23.9 Å². The molecule has 18 heavy (non-hydrogen) atoms. The van der Waals surface area contributed by atoms with Crippen LogP contribution < -0.4 is 10.1 Å². The minimum atomic E-state index is -3.12. The molecule has 0 bridgehead atoms. The summed E-state index contributed by atoms with van der Waals surface area (Å²) in [5, 5.41) is 20.3. The van der Waals surface area contributed by atoms with Gasteiger partial charge in [0.2, 0.25) is 0 Å². The minimum absolute atomic E-state index is 0.0848. The zero-order valence-electron chi connectivity index (χ0n) is 8.99. The standard InChI is InChI=1S/C10H10BrF2NO4/c11-5-3-6(14-1-2-15)8(9(16)17)7(4-5)18-10(12)13/h3-4,10,14-15H,1-2H2,(H,16,17). The van der Waals surface area contributed by atoms with Crippen LogP contribution in [0.2, 0.25) is 0 Å². The zero-order valence-corrected chi connectivity index (χ0v) is 10.6. The molecule has 0 atom stereocenters. The molecule has 5 nitrogen and oxygen atoms in total. The number of anilines is 1. The SMILES string of the molecule is O=C(O)c1c(NCCO)cc(Br)cc1OC(F)F. The number of carbonyl (C=O) groups is 1. The van der Waals surface area contributed by atoms with Crippen molar-refractivity contribution in [3.05, 3.63) is 22.2 Å². The first-order chi connectivity index (χ1) is 8.45. The van der Waals surface area contributed by atoms with E-state index in [-0.39, 0.29) is 18.8 Å². The first-order valence-corrected chi connectivity index (χ1v) is 5.61. The van der Waals surface area contributed by atoms with Gasteiger partial charge in [-0.3, -0.25) is 0 Å². The molecule has 0 saturated carbocycles. The molecule has 0 fully saturated rings. The summed E-state index contributed by atoms with van der Waals surface area (Å²) < 4.78 is 28.9. The molecule has 0 unspecified atom stereocenters. The third kappa shape index (κ3) is 3.81. The summed E-state index contributed by atoms with van der Waals surface area (Å²) in [5.41, 5.74) is -0.325. The molecular formula is C10H10BrF2NO4. The topological polar surface area (TPSA) is 78.8 Å². The fourth-order valence-electron chi connectivity index (χ4n) is 1.32. The number of alkyl halides is 2. The van der Waals surface area contributed by atoms with Gasteiger partial charge in [0.15, 0.2) is 0 Å². The summed E-state index contributed by atoms with van der Waals surface area (Å²) in [6.07, 6.45) is 0. The van der Waals surface area contributed by atoms with Gasteiger partial charge in [0.25, 0.3) is 0 Å². The Morgan fingerprint density at radius 1 is 1.50 bits per heavy atom. The molecule has 0 saturated heterocycles. The van der Waals surface area contributed by atoms with Gasteiger partial charge in [0.1, 0.15) is 11.3 Å². The normalized spacial score (nSPS) is 10.5. The van der Waals surface area contributed by atoms with Crippen LogP contribution >= 0.6 is 15.9 Å². The summed E-state index contributed by atoms with van der Waals surface area (Å²) in [6, 6.07) is 2.54. The molecule has 1 aromatic rings. The van der Waals surface area contributed by atoms with Gasteiger partial charge in [0.05, 0.1) is 12.3 Å². The number of aromatic carboxylic acids is 1. The van der Waals surface area contributed by atoms with Gasteiger partial charge in [-0.1, -0.05) is 15.9 Å². The Bertz CT molecular complexity index is 442. The summed E-state index contributed by atoms with van der Waals surface area (Å²) in [6.45, 7) is -3.26. The number of rotatable bonds is 6. The predicted octanol–water partition coefficient (Wildman–Crippen LogP) is 2.15. The van der Waals surface area contributed by atoms with Crippen LogP contribution in [0.25, 0.3) is 0 Å². The van der Waals surface area contributed by atoms with Gasteiger partial charge in [0, 0.05) is 11.0 Å². The molecule has 0 aromatic heterocycles. The molecule has 0 aliphatic rings. The lowest BCUT2D eigenvalue weighted by atomic mass is 10.1. The van der Waals surface area contributed by atoms with Gasteiger partial charge >= 0.3 is 12.6 Å². The maximum Gasteiger partial charge on any atom is 0.387 e. The minimum Gasteiger partial charge on any atom is -0.477 e. The predicted molar refractivity (Wildman–Crippen MR) is 63.3 cm³/mol. The second kappa shape index (κ2) is 6.50. The fourth-order valence-corrected chi connectivity index (χ4v) is 1.76. The molecule has 100 valence electrons. The van der Waals surface area contributed by atoms with Crippen LogP contribution in [-0.4, -0.2) is 35.9 Å². The molecular weight excluding hydrogens is 316 g/mol. The van der Waals surface area contributed by atoms with Crippen LogP contribution in [0.5, 0.6) is 5.75 Å². The smallest absolute Gasteiger partial charge is 0.387 e. The van der Waals surface area contributed by atoms with E-state index in [1.54, 1.807) is 0 Å². The molecule has 0 aliphatic heterocycles. The number of nitrogens with one attached hydrogen (secondary N) is 1. The summed E-state index contributed by atoms with van der Waals surface area (Å²) >= 11 is 3.06. The molecule has 0 amide bonds. The van der Waals surface area contributed by atoms with Crippen LogP contribution in [0.4, 0.5) is 14.5 Å². The first-order valence-electron chi connectivity index (χ1n) is 4.82. The molecule has 3 N–H and O–H groups in total. The van der Waals surface area contributed by atoms with E-state index in [1.807, 2.05) is 0 Å². The summed E-state index contributed by atoms with van der Waals surface area (Å²) in [4.78, 5) is 11.1. The van der Waals surface area contributed by atoms with Crippen molar-refractivity contribution in [2.75, 3.05) is 18.5 Å². The lowest BCUT2D eigenvalue weighted by molar-refractivity contribution is -0.0503. The molecule has 0 radical (unpaired) electrons. The number of carboxylic acid groups (broad SMARTS) is 1. The molecule has 1 rings (SSSR count).